The third-order valence-electron chi connectivity index (χ3n) is 1.87. The SMILES string of the molecule is C=C(C)C(=O)C(C)OCCC(C)(C)O. The number of aliphatic hydroxyl groups is 1. The van der Waals surface area contributed by atoms with Crippen LogP contribution in [0.3, 0.4) is 0 Å². The third-order valence-corrected chi connectivity index (χ3v) is 1.87. The Kier molecular flexibility index (Phi) is 5.02. The average molecular weight is 200 g/mol. The van der Waals surface area contributed by atoms with Crippen LogP contribution in [0.25, 0.3) is 0 Å². The van der Waals surface area contributed by atoms with Gasteiger partial charge in [0.05, 0.1) is 12.2 Å². The molecule has 1 N–H and O–H groups in total. The maximum absolute atomic E-state index is 11.3. The van der Waals surface area contributed by atoms with Gasteiger partial charge < -0.3 is 9.84 Å². The first kappa shape index (κ1) is 13.3. The fourth-order valence-electron chi connectivity index (χ4n) is 0.908. The zero-order valence-electron chi connectivity index (χ0n) is 9.46. The minimum Gasteiger partial charge on any atom is -0.390 e. The molecule has 0 saturated carbocycles. The standard InChI is InChI=1S/C11H20O3/c1-8(2)10(12)9(3)14-7-6-11(4,5)13/h9,13H,1,6-7H2,2-5H3. The van der Waals surface area contributed by atoms with Crippen LogP contribution >= 0.6 is 0 Å². The summed E-state index contributed by atoms with van der Waals surface area (Å²) in [5, 5.41) is 9.40. The van der Waals surface area contributed by atoms with Gasteiger partial charge in [0.2, 0.25) is 0 Å². The smallest absolute Gasteiger partial charge is 0.186 e. The molecule has 0 fully saturated rings. The van der Waals surface area contributed by atoms with Gasteiger partial charge in [0, 0.05) is 0 Å². The molecule has 0 spiro atoms. The molecule has 0 saturated heterocycles. The van der Waals surface area contributed by atoms with E-state index in [-0.39, 0.29) is 5.78 Å². The quantitative estimate of drug-likeness (QED) is 0.664. The van der Waals surface area contributed by atoms with Crippen LogP contribution in [-0.4, -0.2) is 29.2 Å². The van der Waals surface area contributed by atoms with Crippen molar-refractivity contribution in [3.8, 4) is 0 Å². The molecule has 0 rings (SSSR count). The predicted molar refractivity (Wildman–Crippen MR) is 56.1 cm³/mol. The van der Waals surface area contributed by atoms with E-state index in [1.165, 1.54) is 0 Å². The van der Waals surface area contributed by atoms with Gasteiger partial charge in [0.25, 0.3) is 0 Å². The van der Waals surface area contributed by atoms with E-state index >= 15 is 0 Å². The fraction of sp³-hybridized carbons (Fsp3) is 0.727. The number of carbonyl (C=O) groups is 1. The molecule has 0 heterocycles. The molecule has 0 amide bonds. The summed E-state index contributed by atoms with van der Waals surface area (Å²) in [4.78, 5) is 11.3. The predicted octanol–water partition coefficient (Wildman–Crippen LogP) is 1.70. The summed E-state index contributed by atoms with van der Waals surface area (Å²) in [7, 11) is 0. The first-order chi connectivity index (χ1) is 6.24. The molecule has 1 atom stereocenters. The summed E-state index contributed by atoms with van der Waals surface area (Å²) in [6, 6.07) is 0. The van der Waals surface area contributed by atoms with Crippen LogP contribution in [0.4, 0.5) is 0 Å². The number of carbonyl (C=O) groups excluding carboxylic acids is 1. The molecule has 1 unspecified atom stereocenters. The van der Waals surface area contributed by atoms with E-state index in [0.717, 1.165) is 0 Å². The Morgan fingerprint density at radius 3 is 2.43 bits per heavy atom. The summed E-state index contributed by atoms with van der Waals surface area (Å²) < 4.78 is 5.27. The Hall–Kier alpha value is -0.670. The zero-order valence-corrected chi connectivity index (χ0v) is 9.46. The number of rotatable bonds is 6. The molecule has 0 aromatic carbocycles. The van der Waals surface area contributed by atoms with Crippen molar-refractivity contribution in [1.82, 2.24) is 0 Å². The third kappa shape index (κ3) is 5.89. The Morgan fingerprint density at radius 1 is 1.57 bits per heavy atom. The molecule has 0 aliphatic heterocycles. The van der Waals surface area contributed by atoms with Crippen molar-refractivity contribution < 1.29 is 14.6 Å². The Morgan fingerprint density at radius 2 is 2.07 bits per heavy atom. The van der Waals surface area contributed by atoms with Crippen molar-refractivity contribution >= 4 is 5.78 Å². The van der Waals surface area contributed by atoms with Crippen LogP contribution < -0.4 is 0 Å². The van der Waals surface area contributed by atoms with E-state index in [4.69, 9.17) is 4.74 Å². The summed E-state index contributed by atoms with van der Waals surface area (Å²) in [6.07, 6.45) is 0.0516. The summed E-state index contributed by atoms with van der Waals surface area (Å²) >= 11 is 0. The number of ether oxygens (including phenoxy) is 1. The van der Waals surface area contributed by atoms with Crippen LogP contribution in [0.15, 0.2) is 12.2 Å². The molecule has 14 heavy (non-hydrogen) atoms. The lowest BCUT2D eigenvalue weighted by Crippen LogP contribution is -2.26. The van der Waals surface area contributed by atoms with Gasteiger partial charge in [0.1, 0.15) is 6.10 Å². The van der Waals surface area contributed by atoms with Crippen LogP contribution in [0.1, 0.15) is 34.1 Å². The highest BCUT2D eigenvalue weighted by Gasteiger charge is 2.16. The van der Waals surface area contributed by atoms with Gasteiger partial charge in [0.15, 0.2) is 5.78 Å². The van der Waals surface area contributed by atoms with Crippen molar-refractivity contribution in [3.05, 3.63) is 12.2 Å². The van der Waals surface area contributed by atoms with Crippen LogP contribution in [0, 0.1) is 0 Å². The van der Waals surface area contributed by atoms with Gasteiger partial charge in [-0.1, -0.05) is 6.58 Å². The molecule has 82 valence electrons. The second-order valence-electron chi connectivity index (χ2n) is 4.22. The first-order valence-corrected chi connectivity index (χ1v) is 4.78. The lowest BCUT2D eigenvalue weighted by Gasteiger charge is -2.18. The molecule has 0 radical (unpaired) electrons. The minimum absolute atomic E-state index is 0.0826. The van der Waals surface area contributed by atoms with Crippen LogP contribution in [0.5, 0.6) is 0 Å². The summed E-state index contributed by atoms with van der Waals surface area (Å²) in [5.74, 6) is -0.0826. The monoisotopic (exact) mass is 200 g/mol. The highest BCUT2D eigenvalue weighted by Crippen LogP contribution is 2.09. The summed E-state index contributed by atoms with van der Waals surface area (Å²) in [6.45, 7) is 10.7. The maximum atomic E-state index is 11.3. The zero-order chi connectivity index (χ0) is 11.4. The van der Waals surface area contributed by atoms with Crippen LogP contribution in [0.2, 0.25) is 0 Å². The number of ketones is 1. The van der Waals surface area contributed by atoms with Gasteiger partial charge in [-0.25, -0.2) is 0 Å². The largest absolute Gasteiger partial charge is 0.390 e. The Labute approximate surface area is 85.8 Å². The van der Waals surface area contributed by atoms with E-state index in [1.807, 2.05) is 0 Å². The van der Waals surface area contributed by atoms with Crippen molar-refractivity contribution in [3.63, 3.8) is 0 Å². The maximum Gasteiger partial charge on any atom is 0.186 e. The van der Waals surface area contributed by atoms with Gasteiger partial charge >= 0.3 is 0 Å². The van der Waals surface area contributed by atoms with Gasteiger partial charge in [-0.3, -0.25) is 4.79 Å². The first-order valence-electron chi connectivity index (χ1n) is 4.78. The van der Waals surface area contributed by atoms with E-state index in [1.54, 1.807) is 27.7 Å². The molecule has 3 heteroatoms. The van der Waals surface area contributed by atoms with Crippen molar-refractivity contribution in [2.75, 3.05) is 6.61 Å². The topological polar surface area (TPSA) is 46.5 Å². The normalized spacial score (nSPS) is 13.8. The molecule has 0 aromatic heterocycles. The number of Topliss-reactive ketones (excluding diaryl/α,β-unsaturated/α-hetero) is 1. The van der Waals surface area contributed by atoms with Crippen molar-refractivity contribution in [2.45, 2.75) is 45.8 Å². The van der Waals surface area contributed by atoms with Gasteiger partial charge in [-0.15, -0.1) is 0 Å². The molecule has 0 aromatic rings. The second-order valence-corrected chi connectivity index (χ2v) is 4.22. The molecule has 3 nitrogen and oxygen atoms in total. The molecule has 0 aliphatic rings. The van der Waals surface area contributed by atoms with Crippen LogP contribution in [-0.2, 0) is 9.53 Å². The average Bonchev–Trinajstić information content (AvgIpc) is 2.00. The Balaban J connectivity index is 3.81. The molecular weight excluding hydrogens is 180 g/mol. The lowest BCUT2D eigenvalue weighted by molar-refractivity contribution is -0.126. The fourth-order valence-corrected chi connectivity index (χ4v) is 0.908. The van der Waals surface area contributed by atoms with Gasteiger partial charge in [-0.05, 0) is 39.7 Å². The van der Waals surface area contributed by atoms with E-state index in [0.29, 0.717) is 18.6 Å². The van der Waals surface area contributed by atoms with E-state index < -0.39 is 11.7 Å². The summed E-state index contributed by atoms with van der Waals surface area (Å²) in [5.41, 5.74) is -0.243. The molecule has 0 aliphatic carbocycles. The Bertz CT molecular complexity index is 213. The lowest BCUT2D eigenvalue weighted by atomic mass is 10.1. The molecule has 0 bridgehead atoms. The minimum atomic E-state index is -0.744. The second kappa shape index (κ2) is 5.27. The van der Waals surface area contributed by atoms with Crippen molar-refractivity contribution in [2.24, 2.45) is 0 Å². The highest BCUT2D eigenvalue weighted by atomic mass is 16.5. The van der Waals surface area contributed by atoms with E-state index in [2.05, 4.69) is 6.58 Å². The van der Waals surface area contributed by atoms with Gasteiger partial charge in [-0.2, -0.15) is 0 Å². The number of hydrogen-bond acceptors (Lipinski definition) is 3. The van der Waals surface area contributed by atoms with E-state index in [9.17, 15) is 9.90 Å². The van der Waals surface area contributed by atoms with Crippen molar-refractivity contribution in [1.29, 1.82) is 0 Å². The number of hydrogen-bond donors (Lipinski definition) is 1. The molecular formula is C11H20O3. The highest BCUT2D eigenvalue weighted by molar-refractivity contribution is 5.97.